The standard InChI is InChI=1S/C30H33FN4O6/c1-38-16-15-34(30(37)32-24-11-7-8-12-28(24)41-4)19-29(36)35-26(22-17-20(39-2)13-14-27(22)40-3)18-25(33-35)21-9-5-6-10-23(21)31/h5-14,17,26H,15-16,18-19H2,1-4H3,(H,32,37). The van der Waals surface area contributed by atoms with Gasteiger partial charge in [0.15, 0.2) is 0 Å². The van der Waals surface area contributed by atoms with Crippen molar-refractivity contribution < 1.29 is 32.9 Å². The van der Waals surface area contributed by atoms with Gasteiger partial charge in [-0.1, -0.05) is 30.3 Å². The molecule has 0 saturated heterocycles. The van der Waals surface area contributed by atoms with Crippen molar-refractivity contribution in [3.63, 3.8) is 0 Å². The predicted molar refractivity (Wildman–Crippen MR) is 152 cm³/mol. The molecule has 0 aromatic heterocycles. The first-order chi connectivity index (χ1) is 19.9. The second-order valence-corrected chi connectivity index (χ2v) is 9.14. The third kappa shape index (κ3) is 6.75. The zero-order valence-corrected chi connectivity index (χ0v) is 23.4. The van der Waals surface area contributed by atoms with E-state index in [0.717, 1.165) is 0 Å². The number of rotatable bonds is 11. The zero-order chi connectivity index (χ0) is 29.4. The van der Waals surface area contributed by atoms with Gasteiger partial charge in [-0.2, -0.15) is 5.10 Å². The van der Waals surface area contributed by atoms with Gasteiger partial charge in [0.25, 0.3) is 5.91 Å². The Balaban J connectivity index is 1.67. The molecule has 0 bridgehead atoms. The fraction of sp³-hybridized carbons (Fsp3) is 0.300. The Bertz CT molecular complexity index is 1420. The highest BCUT2D eigenvalue weighted by atomic mass is 19.1. The first kappa shape index (κ1) is 29.3. The lowest BCUT2D eigenvalue weighted by Gasteiger charge is -2.28. The van der Waals surface area contributed by atoms with Gasteiger partial charge in [-0.3, -0.25) is 4.79 Å². The molecule has 41 heavy (non-hydrogen) atoms. The number of nitrogens with one attached hydrogen (secondary N) is 1. The van der Waals surface area contributed by atoms with E-state index < -0.39 is 23.8 Å². The van der Waals surface area contributed by atoms with Gasteiger partial charge < -0.3 is 29.2 Å². The zero-order valence-electron chi connectivity index (χ0n) is 23.4. The minimum atomic E-state index is -0.635. The van der Waals surface area contributed by atoms with Crippen molar-refractivity contribution in [1.29, 1.82) is 0 Å². The molecule has 3 amide bonds. The molecule has 0 saturated carbocycles. The summed E-state index contributed by atoms with van der Waals surface area (Å²) in [6.07, 6.45) is 0.224. The molecule has 4 rings (SSSR count). The second kappa shape index (κ2) is 13.6. The fourth-order valence-corrected chi connectivity index (χ4v) is 4.57. The highest BCUT2D eigenvalue weighted by molar-refractivity contribution is 6.04. The summed E-state index contributed by atoms with van der Waals surface area (Å²) in [5.74, 6) is 0.629. The number of anilines is 1. The number of carbonyl (C=O) groups excluding carboxylic acids is 2. The second-order valence-electron chi connectivity index (χ2n) is 9.14. The highest BCUT2D eigenvalue weighted by Gasteiger charge is 2.37. The molecule has 0 aliphatic carbocycles. The van der Waals surface area contributed by atoms with Crippen molar-refractivity contribution in [2.24, 2.45) is 5.10 Å². The Labute approximate surface area is 238 Å². The quantitative estimate of drug-likeness (QED) is 0.362. The van der Waals surface area contributed by atoms with Crippen LogP contribution in [0.25, 0.3) is 0 Å². The van der Waals surface area contributed by atoms with E-state index in [1.165, 1.54) is 37.3 Å². The highest BCUT2D eigenvalue weighted by Crippen LogP contribution is 2.39. The summed E-state index contributed by atoms with van der Waals surface area (Å²) in [7, 11) is 6.08. The summed E-state index contributed by atoms with van der Waals surface area (Å²) in [4.78, 5) is 28.5. The van der Waals surface area contributed by atoms with E-state index >= 15 is 0 Å². The van der Waals surface area contributed by atoms with Gasteiger partial charge in [-0.15, -0.1) is 0 Å². The SMILES string of the molecule is COCCN(CC(=O)N1N=C(c2ccccc2F)CC1c1cc(OC)ccc1OC)C(=O)Nc1ccccc1OC. The Morgan fingerprint density at radius 1 is 0.976 bits per heavy atom. The predicted octanol–water partition coefficient (Wildman–Crippen LogP) is 4.71. The largest absolute Gasteiger partial charge is 0.497 e. The summed E-state index contributed by atoms with van der Waals surface area (Å²) < 4.78 is 36.3. The van der Waals surface area contributed by atoms with Crippen LogP contribution in [0.3, 0.4) is 0 Å². The molecular formula is C30H33FN4O6. The van der Waals surface area contributed by atoms with E-state index in [9.17, 15) is 14.0 Å². The molecule has 3 aromatic rings. The van der Waals surface area contributed by atoms with Gasteiger partial charge >= 0.3 is 6.03 Å². The van der Waals surface area contributed by atoms with E-state index in [2.05, 4.69) is 10.4 Å². The number of carbonyl (C=O) groups is 2. The molecule has 1 heterocycles. The van der Waals surface area contributed by atoms with Crippen LogP contribution in [-0.2, 0) is 9.53 Å². The number of ether oxygens (including phenoxy) is 4. The molecule has 3 aromatic carbocycles. The molecule has 0 fully saturated rings. The average molecular weight is 565 g/mol. The lowest BCUT2D eigenvalue weighted by atomic mass is 9.97. The van der Waals surface area contributed by atoms with Crippen LogP contribution in [0.15, 0.2) is 71.8 Å². The number of hydrogen-bond donors (Lipinski definition) is 1. The lowest BCUT2D eigenvalue weighted by Crippen LogP contribution is -2.44. The van der Waals surface area contributed by atoms with Crippen molar-refractivity contribution in [3.05, 3.63) is 83.7 Å². The molecule has 1 unspecified atom stereocenters. The van der Waals surface area contributed by atoms with Crippen molar-refractivity contribution >= 4 is 23.3 Å². The van der Waals surface area contributed by atoms with Crippen LogP contribution in [0.1, 0.15) is 23.6 Å². The van der Waals surface area contributed by atoms with Gasteiger partial charge in [0.05, 0.1) is 45.4 Å². The molecule has 0 spiro atoms. The van der Waals surface area contributed by atoms with Crippen molar-refractivity contribution in [3.8, 4) is 17.2 Å². The van der Waals surface area contributed by atoms with E-state index in [4.69, 9.17) is 18.9 Å². The maximum absolute atomic E-state index is 14.8. The number of urea groups is 1. The topological polar surface area (TPSA) is 102 Å². The molecule has 10 nitrogen and oxygen atoms in total. The van der Waals surface area contributed by atoms with Crippen molar-refractivity contribution in [1.82, 2.24) is 9.91 Å². The van der Waals surface area contributed by atoms with E-state index in [1.807, 2.05) is 0 Å². The number of benzene rings is 3. The van der Waals surface area contributed by atoms with Crippen LogP contribution >= 0.6 is 0 Å². The summed E-state index contributed by atoms with van der Waals surface area (Å²) in [5.41, 5.74) is 1.78. The van der Waals surface area contributed by atoms with Crippen LogP contribution < -0.4 is 19.5 Å². The maximum Gasteiger partial charge on any atom is 0.322 e. The Morgan fingerprint density at radius 2 is 1.71 bits per heavy atom. The molecule has 0 radical (unpaired) electrons. The van der Waals surface area contributed by atoms with Crippen LogP contribution in [0, 0.1) is 5.82 Å². The summed E-state index contributed by atoms with van der Waals surface area (Å²) in [6, 6.07) is 17.3. The summed E-state index contributed by atoms with van der Waals surface area (Å²) in [5, 5.41) is 8.65. The smallest absolute Gasteiger partial charge is 0.322 e. The van der Waals surface area contributed by atoms with Crippen LogP contribution in [-0.4, -0.2) is 75.7 Å². The average Bonchev–Trinajstić information content (AvgIpc) is 3.44. The van der Waals surface area contributed by atoms with Crippen LogP contribution in [0.2, 0.25) is 0 Å². The van der Waals surface area contributed by atoms with Gasteiger partial charge in [0.2, 0.25) is 0 Å². The lowest BCUT2D eigenvalue weighted by molar-refractivity contribution is -0.133. The number of nitrogens with zero attached hydrogens (tertiary/aromatic N) is 3. The minimum Gasteiger partial charge on any atom is -0.497 e. The number of amides is 3. The van der Waals surface area contributed by atoms with Crippen LogP contribution in [0.4, 0.5) is 14.9 Å². The number of hydrogen-bond acceptors (Lipinski definition) is 7. The Kier molecular flexibility index (Phi) is 9.75. The third-order valence-electron chi connectivity index (χ3n) is 6.67. The first-order valence-electron chi connectivity index (χ1n) is 12.9. The van der Waals surface area contributed by atoms with Gasteiger partial charge in [0.1, 0.15) is 29.6 Å². The van der Waals surface area contributed by atoms with E-state index in [1.54, 1.807) is 67.8 Å². The van der Waals surface area contributed by atoms with Gasteiger partial charge in [-0.05, 0) is 36.4 Å². The fourth-order valence-electron chi connectivity index (χ4n) is 4.57. The van der Waals surface area contributed by atoms with Gasteiger partial charge in [0, 0.05) is 31.2 Å². The molecule has 1 aliphatic rings. The van der Waals surface area contributed by atoms with Crippen molar-refractivity contribution in [2.75, 3.05) is 53.5 Å². The molecule has 1 N–H and O–H groups in total. The molecular weight excluding hydrogens is 531 g/mol. The molecule has 1 aliphatic heterocycles. The summed E-state index contributed by atoms with van der Waals surface area (Å²) >= 11 is 0. The molecule has 1 atom stereocenters. The third-order valence-corrected chi connectivity index (χ3v) is 6.67. The van der Waals surface area contributed by atoms with Crippen molar-refractivity contribution in [2.45, 2.75) is 12.5 Å². The number of para-hydroxylation sites is 2. The van der Waals surface area contributed by atoms with Gasteiger partial charge in [-0.25, -0.2) is 14.2 Å². The van der Waals surface area contributed by atoms with Crippen LogP contribution in [0.5, 0.6) is 17.2 Å². The minimum absolute atomic E-state index is 0.133. The van der Waals surface area contributed by atoms with E-state index in [0.29, 0.717) is 39.8 Å². The normalized spacial score (nSPS) is 14.3. The first-order valence-corrected chi connectivity index (χ1v) is 12.9. The Hall–Kier alpha value is -4.64. The molecule has 216 valence electrons. The number of methoxy groups -OCH3 is 4. The Morgan fingerprint density at radius 3 is 2.41 bits per heavy atom. The number of halogens is 1. The monoisotopic (exact) mass is 564 g/mol. The summed E-state index contributed by atoms with van der Waals surface area (Å²) in [6.45, 7) is 0.0127. The maximum atomic E-state index is 14.8. The van der Waals surface area contributed by atoms with E-state index in [-0.39, 0.29) is 26.1 Å². The molecule has 11 heteroatoms. The number of hydrazone groups is 1.